The molecule has 4 nitrogen and oxygen atoms in total. The second kappa shape index (κ2) is 5.09. The van der Waals surface area contributed by atoms with Crippen molar-refractivity contribution in [3.63, 3.8) is 0 Å². The van der Waals surface area contributed by atoms with Crippen molar-refractivity contribution in [2.75, 3.05) is 6.54 Å². The maximum atomic E-state index is 10.7. The van der Waals surface area contributed by atoms with Crippen LogP contribution in [-0.4, -0.2) is 23.7 Å². The van der Waals surface area contributed by atoms with E-state index < -0.39 is 6.10 Å². The van der Waals surface area contributed by atoms with E-state index in [9.17, 15) is 4.79 Å². The minimum absolute atomic E-state index is 0.184. The summed E-state index contributed by atoms with van der Waals surface area (Å²) in [6, 6.07) is 0. The smallest absolute Gasteiger partial charge is 0.220 e. The van der Waals surface area contributed by atoms with E-state index in [-0.39, 0.29) is 18.4 Å². The normalized spacial score (nSPS) is 15.9. The largest absolute Gasteiger partial charge is 0.392 e. The molecule has 0 aliphatic rings. The predicted molar refractivity (Wildman–Crippen MR) is 42.7 cm³/mol. The fourth-order valence-corrected chi connectivity index (χ4v) is 0.909. The molecule has 66 valence electrons. The van der Waals surface area contributed by atoms with Gasteiger partial charge in [0.2, 0.25) is 5.91 Å². The summed E-state index contributed by atoms with van der Waals surface area (Å²) in [5.41, 5.74) is 10.2. The van der Waals surface area contributed by atoms with Crippen molar-refractivity contribution in [2.24, 2.45) is 17.4 Å². The third-order valence-corrected chi connectivity index (χ3v) is 1.72. The average molecular weight is 160 g/mol. The zero-order chi connectivity index (χ0) is 8.85. The molecule has 0 rings (SSSR count). The lowest BCUT2D eigenvalue weighted by molar-refractivity contribution is -0.122. The number of aliphatic hydroxyl groups is 1. The Bertz CT molecular complexity index is 128. The topological polar surface area (TPSA) is 89.3 Å². The van der Waals surface area contributed by atoms with Gasteiger partial charge in [-0.05, 0) is 12.8 Å². The van der Waals surface area contributed by atoms with E-state index in [1.165, 1.54) is 0 Å². The summed E-state index contributed by atoms with van der Waals surface area (Å²) in [5.74, 6) is -0.603. The first-order valence-corrected chi connectivity index (χ1v) is 3.79. The number of nitrogens with two attached hydrogens (primary N) is 2. The molecule has 0 heterocycles. The van der Waals surface area contributed by atoms with Gasteiger partial charge in [-0.3, -0.25) is 4.79 Å². The van der Waals surface area contributed by atoms with Crippen molar-refractivity contribution < 1.29 is 9.90 Å². The Labute approximate surface area is 66.6 Å². The highest BCUT2D eigenvalue weighted by Crippen LogP contribution is 2.09. The molecule has 0 aromatic carbocycles. The third-order valence-electron chi connectivity index (χ3n) is 1.72. The molecule has 5 N–H and O–H groups in total. The Morgan fingerprint density at radius 1 is 1.64 bits per heavy atom. The minimum atomic E-state index is -0.604. The summed E-state index contributed by atoms with van der Waals surface area (Å²) in [5, 5.41) is 9.08. The Balaban J connectivity index is 3.77. The van der Waals surface area contributed by atoms with Gasteiger partial charge in [0.05, 0.1) is 6.10 Å². The van der Waals surface area contributed by atoms with Gasteiger partial charge < -0.3 is 16.6 Å². The number of amides is 1. The molecule has 0 saturated carbocycles. The quantitative estimate of drug-likeness (QED) is 0.492. The summed E-state index contributed by atoms with van der Waals surface area (Å²) < 4.78 is 0. The van der Waals surface area contributed by atoms with Crippen LogP contribution in [0.25, 0.3) is 0 Å². The molecular weight excluding hydrogens is 144 g/mol. The van der Waals surface area contributed by atoms with Gasteiger partial charge in [-0.2, -0.15) is 0 Å². The van der Waals surface area contributed by atoms with Crippen molar-refractivity contribution in [3.8, 4) is 0 Å². The summed E-state index contributed by atoms with van der Waals surface area (Å²) in [6.07, 6.45) is 0.432. The van der Waals surface area contributed by atoms with Crippen LogP contribution in [0, 0.1) is 5.92 Å². The first-order chi connectivity index (χ1) is 5.11. The summed E-state index contributed by atoms with van der Waals surface area (Å²) in [6.45, 7) is 2.04. The van der Waals surface area contributed by atoms with Crippen molar-refractivity contribution in [2.45, 2.75) is 25.9 Å². The Hall–Kier alpha value is -0.610. The highest BCUT2D eigenvalue weighted by Gasteiger charge is 2.16. The van der Waals surface area contributed by atoms with Crippen molar-refractivity contribution in [1.82, 2.24) is 0 Å². The summed E-state index contributed by atoms with van der Waals surface area (Å²) in [7, 11) is 0. The second-order valence-electron chi connectivity index (χ2n) is 2.63. The van der Waals surface area contributed by atoms with E-state index in [1.54, 1.807) is 0 Å². The maximum absolute atomic E-state index is 10.7. The molecule has 0 spiro atoms. The van der Waals surface area contributed by atoms with Gasteiger partial charge in [-0.1, -0.05) is 6.92 Å². The van der Waals surface area contributed by atoms with Gasteiger partial charge in [0.15, 0.2) is 0 Å². The molecule has 0 aromatic rings. The second-order valence-corrected chi connectivity index (χ2v) is 2.63. The molecule has 0 aliphatic carbocycles. The molecule has 0 bridgehead atoms. The van der Waals surface area contributed by atoms with Crippen LogP contribution < -0.4 is 11.5 Å². The van der Waals surface area contributed by atoms with Crippen LogP contribution in [0.3, 0.4) is 0 Å². The number of hydrogen-bond acceptors (Lipinski definition) is 3. The Morgan fingerprint density at radius 3 is 2.45 bits per heavy atom. The van der Waals surface area contributed by atoms with Crippen LogP contribution in [0.5, 0.6) is 0 Å². The predicted octanol–water partition coefficient (Wildman–Crippen LogP) is -0.792. The lowest BCUT2D eigenvalue weighted by Crippen LogP contribution is -2.30. The van der Waals surface area contributed by atoms with Gasteiger partial charge in [0.1, 0.15) is 0 Å². The van der Waals surface area contributed by atoms with Crippen LogP contribution in [0.2, 0.25) is 0 Å². The monoisotopic (exact) mass is 160 g/mol. The molecule has 0 radical (unpaired) electrons. The zero-order valence-corrected chi connectivity index (χ0v) is 6.79. The third kappa shape index (κ3) is 3.95. The Kier molecular flexibility index (Phi) is 4.81. The van der Waals surface area contributed by atoms with Crippen LogP contribution in [-0.2, 0) is 4.79 Å². The van der Waals surface area contributed by atoms with Crippen LogP contribution in [0.15, 0.2) is 0 Å². The molecule has 0 saturated heterocycles. The van der Waals surface area contributed by atoms with E-state index in [0.717, 1.165) is 0 Å². The number of carbonyl (C=O) groups is 1. The number of primary amides is 1. The molecule has 4 heteroatoms. The van der Waals surface area contributed by atoms with Gasteiger partial charge in [-0.25, -0.2) is 0 Å². The van der Waals surface area contributed by atoms with Crippen molar-refractivity contribution in [1.29, 1.82) is 0 Å². The number of aliphatic hydroxyl groups excluding tert-OH is 1. The molecule has 11 heavy (non-hydrogen) atoms. The van der Waals surface area contributed by atoms with Gasteiger partial charge in [0.25, 0.3) is 0 Å². The van der Waals surface area contributed by atoms with Crippen LogP contribution in [0.4, 0.5) is 0 Å². The van der Waals surface area contributed by atoms with Gasteiger partial charge in [-0.15, -0.1) is 0 Å². The van der Waals surface area contributed by atoms with E-state index in [2.05, 4.69) is 0 Å². The number of rotatable bonds is 5. The Morgan fingerprint density at radius 2 is 2.18 bits per heavy atom. The maximum Gasteiger partial charge on any atom is 0.220 e. The van der Waals surface area contributed by atoms with E-state index >= 15 is 0 Å². The highest BCUT2D eigenvalue weighted by atomic mass is 16.3. The molecule has 2 atom stereocenters. The highest BCUT2D eigenvalue weighted by molar-refractivity contribution is 5.76. The number of hydrogen-bond donors (Lipinski definition) is 3. The van der Waals surface area contributed by atoms with E-state index in [4.69, 9.17) is 16.6 Å². The van der Waals surface area contributed by atoms with Crippen molar-refractivity contribution >= 4 is 5.91 Å². The number of carbonyl (C=O) groups excluding carboxylic acids is 1. The lowest BCUT2D eigenvalue weighted by Gasteiger charge is -2.13. The van der Waals surface area contributed by atoms with E-state index in [0.29, 0.717) is 12.8 Å². The molecule has 0 fully saturated rings. The SMILES string of the molecule is CCC(CC(O)CN)C(N)=O. The van der Waals surface area contributed by atoms with Crippen LogP contribution >= 0.6 is 0 Å². The van der Waals surface area contributed by atoms with Crippen molar-refractivity contribution in [3.05, 3.63) is 0 Å². The van der Waals surface area contributed by atoms with Crippen LogP contribution in [0.1, 0.15) is 19.8 Å². The molecular formula is C7H16N2O2. The molecule has 0 aromatic heterocycles. The van der Waals surface area contributed by atoms with Gasteiger partial charge >= 0.3 is 0 Å². The molecule has 0 aliphatic heterocycles. The standard InChI is InChI=1S/C7H16N2O2/c1-2-5(7(9)11)3-6(10)4-8/h5-6,10H,2-4,8H2,1H3,(H2,9,11). The fourth-order valence-electron chi connectivity index (χ4n) is 0.909. The zero-order valence-electron chi connectivity index (χ0n) is 6.79. The first kappa shape index (κ1) is 10.4. The minimum Gasteiger partial charge on any atom is -0.392 e. The first-order valence-electron chi connectivity index (χ1n) is 3.79. The molecule has 1 amide bonds. The molecule has 2 unspecified atom stereocenters. The van der Waals surface area contributed by atoms with Gasteiger partial charge in [0, 0.05) is 12.5 Å². The summed E-state index contributed by atoms with van der Waals surface area (Å²) >= 11 is 0. The average Bonchev–Trinajstić information content (AvgIpc) is 1.99. The van der Waals surface area contributed by atoms with E-state index in [1.807, 2.05) is 6.92 Å². The fraction of sp³-hybridized carbons (Fsp3) is 0.857. The lowest BCUT2D eigenvalue weighted by atomic mass is 9.98. The summed E-state index contributed by atoms with van der Waals surface area (Å²) in [4.78, 5) is 10.7.